The molecule has 1 aromatic heterocycles. The van der Waals surface area contributed by atoms with Crippen LogP contribution in [0.5, 0.6) is 0 Å². The van der Waals surface area contributed by atoms with Gasteiger partial charge in [0.15, 0.2) is 0 Å². The molecular weight excluding hydrogens is 532 g/mol. The lowest BCUT2D eigenvalue weighted by Crippen LogP contribution is -2.48. The number of carbonyl (C=O) groups is 3. The molecule has 0 radical (unpaired) electrons. The number of fused-ring (bicyclic) bond motifs is 2. The monoisotopic (exact) mass is 548 g/mol. The average Bonchev–Trinajstić information content (AvgIpc) is 3.24. The molecule has 3 aromatic rings. The first-order valence-electron chi connectivity index (χ1n) is 9.62. The third-order valence-corrected chi connectivity index (χ3v) is 6.07. The molecular formula is C22H18Br2N2O5. The molecule has 0 saturated carbocycles. The number of rotatable bonds is 5. The number of ketones is 1. The van der Waals surface area contributed by atoms with Gasteiger partial charge in [-0.3, -0.25) is 4.79 Å². The molecule has 0 aliphatic carbocycles. The number of hydrogen-bond acceptors (Lipinski definition) is 6. The second-order valence-electron chi connectivity index (χ2n) is 6.90. The van der Waals surface area contributed by atoms with Gasteiger partial charge in [0, 0.05) is 36.7 Å². The van der Waals surface area contributed by atoms with Crippen LogP contribution < -0.4 is 5.32 Å². The van der Waals surface area contributed by atoms with Crippen LogP contribution in [0.2, 0.25) is 0 Å². The molecule has 160 valence electrons. The van der Waals surface area contributed by atoms with Gasteiger partial charge in [-0.05, 0) is 50.2 Å². The lowest BCUT2D eigenvalue weighted by atomic mass is 9.83. The van der Waals surface area contributed by atoms with Gasteiger partial charge in [0.2, 0.25) is 11.3 Å². The molecule has 1 atom stereocenters. The topological polar surface area (TPSA) is 97.5 Å². The first kappa shape index (κ1) is 21.6. The van der Waals surface area contributed by atoms with Crippen LogP contribution in [0.4, 0.5) is 5.69 Å². The standard InChI is InChI=1S/C22H18Br2N2O5/c1-3-30-20(28)18-17(13-9-11(23)5-7-15(13)25-18)22(21(29)31-4-2)19(27)14-10-12(24)6-8-16(14)26-22/h5-10,25-26H,3-4H2,1-2H3. The first-order valence-corrected chi connectivity index (χ1v) is 11.2. The molecule has 2 aromatic carbocycles. The fourth-order valence-electron chi connectivity index (χ4n) is 3.85. The lowest BCUT2D eigenvalue weighted by Gasteiger charge is -2.27. The number of halogens is 2. The van der Waals surface area contributed by atoms with E-state index in [1.165, 1.54) is 0 Å². The smallest absolute Gasteiger partial charge is 0.355 e. The average molecular weight is 550 g/mol. The normalized spacial score (nSPS) is 17.4. The Balaban J connectivity index is 2.07. The van der Waals surface area contributed by atoms with Crippen molar-refractivity contribution in [1.82, 2.24) is 4.98 Å². The van der Waals surface area contributed by atoms with E-state index in [1.807, 2.05) is 0 Å². The Labute approximate surface area is 194 Å². The van der Waals surface area contributed by atoms with Crippen molar-refractivity contribution >= 4 is 66.2 Å². The van der Waals surface area contributed by atoms with Crippen LogP contribution in [0, 0.1) is 0 Å². The van der Waals surface area contributed by atoms with Crippen LogP contribution in [-0.4, -0.2) is 35.9 Å². The molecule has 4 rings (SSSR count). The fourth-order valence-corrected chi connectivity index (χ4v) is 4.57. The fraction of sp³-hybridized carbons (Fsp3) is 0.227. The summed E-state index contributed by atoms with van der Waals surface area (Å²) in [5.41, 5.74) is -0.368. The highest BCUT2D eigenvalue weighted by atomic mass is 79.9. The van der Waals surface area contributed by atoms with Gasteiger partial charge in [0.25, 0.3) is 0 Å². The van der Waals surface area contributed by atoms with Crippen LogP contribution in [-0.2, 0) is 19.8 Å². The van der Waals surface area contributed by atoms with Gasteiger partial charge in [-0.2, -0.15) is 0 Å². The predicted molar refractivity (Wildman–Crippen MR) is 122 cm³/mol. The summed E-state index contributed by atoms with van der Waals surface area (Å²) in [5.74, 6) is -1.97. The minimum Gasteiger partial charge on any atom is -0.464 e. The van der Waals surface area contributed by atoms with E-state index in [0.717, 1.165) is 4.47 Å². The highest BCUT2D eigenvalue weighted by Gasteiger charge is 2.57. The van der Waals surface area contributed by atoms with E-state index in [2.05, 4.69) is 42.2 Å². The Bertz CT molecular complexity index is 1240. The number of aromatic nitrogens is 1. The summed E-state index contributed by atoms with van der Waals surface area (Å²) in [7, 11) is 0. The highest BCUT2D eigenvalue weighted by molar-refractivity contribution is 9.10. The van der Waals surface area contributed by atoms with Gasteiger partial charge in [-0.25, -0.2) is 9.59 Å². The molecule has 2 N–H and O–H groups in total. The van der Waals surface area contributed by atoms with Crippen molar-refractivity contribution in [3.8, 4) is 0 Å². The summed E-state index contributed by atoms with van der Waals surface area (Å²) < 4.78 is 12.0. The Morgan fingerprint density at radius 2 is 1.68 bits per heavy atom. The third-order valence-electron chi connectivity index (χ3n) is 5.09. The summed E-state index contributed by atoms with van der Waals surface area (Å²) in [4.78, 5) is 43.1. The Hall–Kier alpha value is -2.65. The summed E-state index contributed by atoms with van der Waals surface area (Å²) in [6, 6.07) is 10.4. The van der Waals surface area contributed by atoms with E-state index in [0.29, 0.717) is 26.6 Å². The van der Waals surface area contributed by atoms with Gasteiger partial charge in [-0.1, -0.05) is 31.9 Å². The van der Waals surface area contributed by atoms with E-state index in [4.69, 9.17) is 9.47 Å². The number of aromatic amines is 1. The minimum atomic E-state index is -1.94. The molecule has 9 heteroatoms. The zero-order valence-corrected chi connectivity index (χ0v) is 19.8. The zero-order valence-electron chi connectivity index (χ0n) is 16.7. The molecule has 0 fully saturated rings. The molecule has 1 aliphatic heterocycles. The second-order valence-corrected chi connectivity index (χ2v) is 8.73. The predicted octanol–water partition coefficient (Wildman–Crippen LogP) is 4.94. The van der Waals surface area contributed by atoms with Gasteiger partial charge < -0.3 is 19.8 Å². The van der Waals surface area contributed by atoms with Gasteiger partial charge in [0.05, 0.1) is 13.2 Å². The summed E-state index contributed by atoms with van der Waals surface area (Å²) in [6.45, 7) is 3.55. The maximum absolute atomic E-state index is 13.8. The number of carbonyl (C=O) groups excluding carboxylic acids is 3. The third kappa shape index (κ3) is 3.36. The molecule has 1 aliphatic rings. The summed E-state index contributed by atoms with van der Waals surface area (Å²) >= 11 is 6.80. The van der Waals surface area contributed by atoms with Crippen LogP contribution in [0.1, 0.15) is 40.3 Å². The molecule has 0 saturated heterocycles. The molecule has 31 heavy (non-hydrogen) atoms. The molecule has 1 unspecified atom stereocenters. The largest absolute Gasteiger partial charge is 0.464 e. The van der Waals surface area contributed by atoms with Crippen molar-refractivity contribution in [3.05, 3.63) is 62.2 Å². The van der Waals surface area contributed by atoms with Crippen molar-refractivity contribution in [2.45, 2.75) is 19.4 Å². The second kappa shape index (κ2) is 8.12. The van der Waals surface area contributed by atoms with Crippen molar-refractivity contribution in [2.75, 3.05) is 18.5 Å². The Morgan fingerprint density at radius 1 is 1.00 bits per heavy atom. The number of nitrogens with one attached hydrogen (secondary N) is 2. The van der Waals surface area contributed by atoms with E-state index in [-0.39, 0.29) is 24.5 Å². The van der Waals surface area contributed by atoms with E-state index >= 15 is 0 Å². The quantitative estimate of drug-likeness (QED) is 0.346. The Morgan fingerprint density at radius 3 is 2.39 bits per heavy atom. The number of hydrogen-bond donors (Lipinski definition) is 2. The number of ether oxygens (including phenoxy) is 2. The number of esters is 2. The van der Waals surface area contributed by atoms with Crippen molar-refractivity contribution in [3.63, 3.8) is 0 Å². The van der Waals surface area contributed by atoms with Crippen LogP contribution in [0.25, 0.3) is 10.9 Å². The summed E-state index contributed by atoms with van der Waals surface area (Å²) in [6.07, 6.45) is 0. The van der Waals surface area contributed by atoms with Gasteiger partial charge >= 0.3 is 11.9 Å². The molecule has 2 heterocycles. The molecule has 0 spiro atoms. The molecule has 0 amide bonds. The number of Topliss-reactive ketones (excluding diaryl/α,β-unsaturated/α-hetero) is 1. The maximum atomic E-state index is 13.8. The molecule has 7 nitrogen and oxygen atoms in total. The van der Waals surface area contributed by atoms with Gasteiger partial charge in [-0.15, -0.1) is 0 Å². The number of benzene rings is 2. The zero-order chi connectivity index (χ0) is 22.3. The number of anilines is 1. The van der Waals surface area contributed by atoms with Crippen molar-refractivity contribution in [2.24, 2.45) is 0 Å². The highest BCUT2D eigenvalue weighted by Crippen LogP contribution is 2.45. The van der Waals surface area contributed by atoms with Crippen LogP contribution in [0.3, 0.4) is 0 Å². The van der Waals surface area contributed by atoms with Crippen LogP contribution >= 0.6 is 31.9 Å². The van der Waals surface area contributed by atoms with Crippen molar-refractivity contribution < 1.29 is 23.9 Å². The number of H-pyrrole nitrogens is 1. The van der Waals surface area contributed by atoms with Gasteiger partial charge in [0.1, 0.15) is 5.69 Å². The van der Waals surface area contributed by atoms with Crippen molar-refractivity contribution in [1.29, 1.82) is 0 Å². The molecule has 0 bridgehead atoms. The minimum absolute atomic E-state index is 0.0238. The Kier molecular flexibility index (Phi) is 5.65. The van der Waals surface area contributed by atoms with E-state index in [9.17, 15) is 14.4 Å². The summed E-state index contributed by atoms with van der Waals surface area (Å²) in [5, 5.41) is 3.60. The van der Waals surface area contributed by atoms with E-state index < -0.39 is 23.3 Å². The van der Waals surface area contributed by atoms with E-state index in [1.54, 1.807) is 50.2 Å². The van der Waals surface area contributed by atoms with Crippen LogP contribution in [0.15, 0.2) is 45.3 Å². The SMILES string of the molecule is CCOC(=O)c1[nH]c2ccc(Br)cc2c1C1(C(=O)OCC)Nc2ccc(Br)cc2C1=O. The maximum Gasteiger partial charge on any atom is 0.355 e. The lowest BCUT2D eigenvalue weighted by molar-refractivity contribution is -0.146. The first-order chi connectivity index (χ1) is 14.8.